The van der Waals surface area contributed by atoms with Crippen molar-refractivity contribution in [3.63, 3.8) is 0 Å². The summed E-state index contributed by atoms with van der Waals surface area (Å²) >= 11 is 0. The highest BCUT2D eigenvalue weighted by Gasteiger charge is 2.11. The Morgan fingerprint density at radius 2 is 2.30 bits per heavy atom. The Bertz CT molecular complexity index is 112. The van der Waals surface area contributed by atoms with Crippen molar-refractivity contribution in [3.05, 3.63) is 12.3 Å². The van der Waals surface area contributed by atoms with Crippen molar-refractivity contribution in [3.8, 4) is 0 Å². The number of hydrogen-bond acceptors (Lipinski definition) is 3. The van der Waals surface area contributed by atoms with Crippen LogP contribution < -0.4 is 11.1 Å². The molecule has 0 fully saturated rings. The summed E-state index contributed by atoms with van der Waals surface area (Å²) in [5.41, 5.74) is 6.23. The number of nitrogens with two attached hydrogens (primary N) is 1. The van der Waals surface area contributed by atoms with Crippen LogP contribution in [0, 0.1) is 0 Å². The Morgan fingerprint density at radius 1 is 1.80 bits per heavy atom. The molecule has 3 nitrogen and oxygen atoms in total. The summed E-state index contributed by atoms with van der Waals surface area (Å²) in [7, 11) is 0. The highest BCUT2D eigenvalue weighted by atomic mass is 16.3. The van der Waals surface area contributed by atoms with Crippen molar-refractivity contribution in [1.82, 2.24) is 5.32 Å². The maximum absolute atomic E-state index is 8.99. The molecule has 0 saturated carbocycles. The highest BCUT2D eigenvalue weighted by Crippen LogP contribution is 1.96. The van der Waals surface area contributed by atoms with Gasteiger partial charge in [-0.2, -0.15) is 0 Å². The lowest BCUT2D eigenvalue weighted by Gasteiger charge is -2.17. The van der Waals surface area contributed by atoms with Gasteiger partial charge in [0.15, 0.2) is 0 Å². The van der Waals surface area contributed by atoms with Gasteiger partial charge in [0.1, 0.15) is 0 Å². The van der Waals surface area contributed by atoms with Crippen molar-refractivity contribution in [1.29, 1.82) is 0 Å². The summed E-state index contributed by atoms with van der Waals surface area (Å²) < 4.78 is 0. The summed E-state index contributed by atoms with van der Waals surface area (Å²) in [6, 6.07) is -0.361. The fourth-order valence-electron chi connectivity index (χ4n) is 0.636. The number of aliphatic hydroxyl groups excluding tert-OH is 1. The van der Waals surface area contributed by atoms with E-state index in [1.807, 2.05) is 6.92 Å². The van der Waals surface area contributed by atoms with E-state index in [4.69, 9.17) is 10.8 Å². The molecular formula is C7H16N2O. The van der Waals surface area contributed by atoms with E-state index in [0.29, 0.717) is 5.70 Å². The second-order valence-electron chi connectivity index (χ2n) is 2.32. The molecule has 0 bridgehead atoms. The van der Waals surface area contributed by atoms with Crippen LogP contribution in [0.4, 0.5) is 0 Å². The van der Waals surface area contributed by atoms with Crippen molar-refractivity contribution < 1.29 is 5.11 Å². The van der Waals surface area contributed by atoms with E-state index in [9.17, 15) is 0 Å². The predicted octanol–water partition coefficient (Wildman–Crippen LogP) is -0.182. The van der Waals surface area contributed by atoms with Crippen LogP contribution in [-0.4, -0.2) is 23.8 Å². The first kappa shape index (κ1) is 9.46. The normalized spacial score (nSPS) is 16.0. The fraction of sp³-hybridized carbons (Fsp3) is 0.714. The lowest BCUT2D eigenvalue weighted by atomic mass is 10.1. The molecule has 0 rings (SSSR count). The van der Waals surface area contributed by atoms with Crippen LogP contribution in [0.2, 0.25) is 0 Å². The molecule has 0 saturated heterocycles. The Kier molecular flexibility index (Phi) is 4.07. The zero-order valence-electron chi connectivity index (χ0n) is 6.59. The topological polar surface area (TPSA) is 58.3 Å². The standard InChI is InChI=1S/C7H16N2O/c1-4-9-5(2)7(8)6(3)10/h6-7,9-10H,2,4,8H2,1,3H3/t6-,7-/m1/s1. The zero-order valence-corrected chi connectivity index (χ0v) is 6.59. The first-order valence-electron chi connectivity index (χ1n) is 3.46. The molecule has 0 radical (unpaired) electrons. The van der Waals surface area contributed by atoms with Gasteiger partial charge in [-0.25, -0.2) is 0 Å². The molecule has 0 aliphatic rings. The summed E-state index contributed by atoms with van der Waals surface area (Å²) in [5, 5.41) is 11.9. The Morgan fingerprint density at radius 3 is 2.60 bits per heavy atom. The minimum absolute atomic E-state index is 0.361. The van der Waals surface area contributed by atoms with Gasteiger partial charge in [-0.3, -0.25) is 0 Å². The van der Waals surface area contributed by atoms with Crippen molar-refractivity contribution >= 4 is 0 Å². The number of nitrogens with one attached hydrogen (secondary N) is 1. The maximum atomic E-state index is 8.99. The first-order chi connectivity index (χ1) is 4.59. The second-order valence-corrected chi connectivity index (χ2v) is 2.32. The number of rotatable bonds is 4. The van der Waals surface area contributed by atoms with Gasteiger partial charge < -0.3 is 16.2 Å². The average Bonchev–Trinajstić information content (AvgIpc) is 1.87. The van der Waals surface area contributed by atoms with Crippen molar-refractivity contribution in [2.75, 3.05) is 6.54 Å². The fourth-order valence-corrected chi connectivity index (χ4v) is 0.636. The summed E-state index contributed by atoms with van der Waals surface area (Å²) in [6.07, 6.45) is -0.536. The minimum Gasteiger partial charge on any atom is -0.391 e. The molecule has 0 aliphatic carbocycles. The monoisotopic (exact) mass is 144 g/mol. The van der Waals surface area contributed by atoms with Crippen LogP contribution in [0.25, 0.3) is 0 Å². The Labute approximate surface area is 61.9 Å². The van der Waals surface area contributed by atoms with E-state index in [1.54, 1.807) is 6.92 Å². The van der Waals surface area contributed by atoms with Crippen molar-refractivity contribution in [2.24, 2.45) is 5.73 Å². The molecule has 2 atom stereocenters. The molecule has 0 aliphatic heterocycles. The molecular weight excluding hydrogens is 128 g/mol. The quantitative estimate of drug-likeness (QED) is 0.513. The molecule has 0 unspecified atom stereocenters. The summed E-state index contributed by atoms with van der Waals surface area (Å²) in [5.74, 6) is 0. The smallest absolute Gasteiger partial charge is 0.0718 e. The zero-order chi connectivity index (χ0) is 8.15. The van der Waals surface area contributed by atoms with Crippen molar-refractivity contribution in [2.45, 2.75) is 26.0 Å². The van der Waals surface area contributed by atoms with Gasteiger partial charge in [0.2, 0.25) is 0 Å². The van der Waals surface area contributed by atoms with Gasteiger partial charge in [0.25, 0.3) is 0 Å². The summed E-state index contributed by atoms with van der Waals surface area (Å²) in [4.78, 5) is 0. The van der Waals surface area contributed by atoms with E-state index >= 15 is 0 Å². The molecule has 0 aromatic rings. The van der Waals surface area contributed by atoms with Gasteiger partial charge >= 0.3 is 0 Å². The van der Waals surface area contributed by atoms with Crippen LogP contribution in [0.15, 0.2) is 12.3 Å². The SMILES string of the molecule is C=C(NCC)[C@@H](N)[C@@H](C)O. The lowest BCUT2D eigenvalue weighted by molar-refractivity contribution is 0.174. The van der Waals surface area contributed by atoms with Crippen LogP contribution in [0.3, 0.4) is 0 Å². The summed E-state index contributed by atoms with van der Waals surface area (Å²) in [6.45, 7) is 8.06. The molecule has 0 aromatic carbocycles. The van der Waals surface area contributed by atoms with E-state index < -0.39 is 6.10 Å². The van der Waals surface area contributed by atoms with Gasteiger partial charge in [-0.15, -0.1) is 0 Å². The highest BCUT2D eigenvalue weighted by molar-refractivity contribution is 5.03. The van der Waals surface area contributed by atoms with E-state index in [-0.39, 0.29) is 6.04 Å². The maximum Gasteiger partial charge on any atom is 0.0718 e. The van der Waals surface area contributed by atoms with Crippen LogP contribution in [-0.2, 0) is 0 Å². The number of aliphatic hydroxyl groups is 1. The number of likely N-dealkylation sites (N-methyl/N-ethyl adjacent to an activating group) is 1. The average molecular weight is 144 g/mol. The molecule has 0 amide bonds. The third-order valence-electron chi connectivity index (χ3n) is 1.33. The second kappa shape index (κ2) is 4.30. The molecule has 60 valence electrons. The molecule has 0 aromatic heterocycles. The van der Waals surface area contributed by atoms with Gasteiger partial charge in [-0.05, 0) is 13.8 Å². The molecule has 0 heterocycles. The van der Waals surface area contributed by atoms with Gasteiger partial charge in [0.05, 0.1) is 12.1 Å². The minimum atomic E-state index is -0.536. The van der Waals surface area contributed by atoms with Crippen LogP contribution >= 0.6 is 0 Å². The molecule has 10 heavy (non-hydrogen) atoms. The molecule has 4 N–H and O–H groups in total. The first-order valence-corrected chi connectivity index (χ1v) is 3.46. The molecule has 3 heteroatoms. The lowest BCUT2D eigenvalue weighted by Crippen LogP contribution is -2.39. The van der Waals surface area contributed by atoms with E-state index in [2.05, 4.69) is 11.9 Å². The van der Waals surface area contributed by atoms with Crippen LogP contribution in [0.1, 0.15) is 13.8 Å². The molecule has 0 spiro atoms. The Hall–Kier alpha value is -0.540. The van der Waals surface area contributed by atoms with E-state index in [1.165, 1.54) is 0 Å². The third-order valence-corrected chi connectivity index (χ3v) is 1.33. The Balaban J connectivity index is 3.71. The van der Waals surface area contributed by atoms with Crippen LogP contribution in [0.5, 0.6) is 0 Å². The predicted molar refractivity (Wildman–Crippen MR) is 42.5 cm³/mol. The third kappa shape index (κ3) is 2.85. The number of hydrogen-bond donors (Lipinski definition) is 3. The van der Waals surface area contributed by atoms with Gasteiger partial charge in [-0.1, -0.05) is 6.58 Å². The largest absolute Gasteiger partial charge is 0.391 e. The van der Waals surface area contributed by atoms with E-state index in [0.717, 1.165) is 6.54 Å². The van der Waals surface area contributed by atoms with Gasteiger partial charge in [0, 0.05) is 12.2 Å².